The summed E-state index contributed by atoms with van der Waals surface area (Å²) in [5.41, 5.74) is 12.1. The van der Waals surface area contributed by atoms with Crippen LogP contribution < -0.4 is 0 Å². The van der Waals surface area contributed by atoms with E-state index in [1.54, 1.807) is 36.4 Å². The van der Waals surface area contributed by atoms with E-state index in [-0.39, 0.29) is 0 Å². The second-order valence-electron chi connectivity index (χ2n) is 17.3. The van der Waals surface area contributed by atoms with Crippen molar-refractivity contribution in [1.29, 1.82) is 26.3 Å². The number of aromatic nitrogens is 5. The van der Waals surface area contributed by atoms with Crippen LogP contribution >= 0.6 is 0 Å². The zero-order valence-corrected chi connectivity index (χ0v) is 37.9. The molecule has 0 saturated carbocycles. The molecule has 10 nitrogen and oxygen atoms in total. The van der Waals surface area contributed by atoms with Crippen LogP contribution in [0.3, 0.4) is 0 Å². The molecule has 0 amide bonds. The fourth-order valence-electron chi connectivity index (χ4n) is 9.81. The highest BCUT2D eigenvalue weighted by atomic mass is 15.1. The highest BCUT2D eigenvalue weighted by Gasteiger charge is 2.25. The molecule has 0 aliphatic rings. The molecule has 0 saturated heterocycles. The number of rotatable bonds is 7. The maximum Gasteiger partial charge on any atom is 0.165 e. The molecule has 12 rings (SSSR count). The minimum absolute atomic E-state index is 0.323. The Kier molecular flexibility index (Phi) is 10.2. The van der Waals surface area contributed by atoms with E-state index in [1.807, 2.05) is 115 Å². The predicted molar refractivity (Wildman–Crippen MR) is 279 cm³/mol. The molecule has 3 heterocycles. The Balaban J connectivity index is 1.18. The third-order valence-corrected chi connectivity index (χ3v) is 13.1. The molecule has 0 atom stereocenters. The summed E-state index contributed by atoms with van der Waals surface area (Å²) < 4.78 is 4.40. The molecule has 330 valence electrons. The quantitative estimate of drug-likeness (QED) is 0.152. The summed E-state index contributed by atoms with van der Waals surface area (Å²) in [6.07, 6.45) is 0. The largest absolute Gasteiger partial charge is 0.307 e. The topological polar surface area (TPSA) is 167 Å². The first-order valence-electron chi connectivity index (χ1n) is 22.9. The van der Waals surface area contributed by atoms with E-state index in [1.165, 1.54) is 0 Å². The van der Waals surface area contributed by atoms with Crippen molar-refractivity contribution in [2.24, 2.45) is 0 Å². The van der Waals surface area contributed by atoms with Gasteiger partial charge in [0.25, 0.3) is 0 Å². The lowest BCUT2D eigenvalue weighted by atomic mass is 9.98. The fourth-order valence-corrected chi connectivity index (χ4v) is 9.81. The zero-order chi connectivity index (χ0) is 48.9. The molecular formula is C62H32N10. The highest BCUT2D eigenvalue weighted by Crippen LogP contribution is 2.43. The van der Waals surface area contributed by atoms with Crippen molar-refractivity contribution in [1.82, 2.24) is 24.1 Å². The Morgan fingerprint density at radius 1 is 0.292 bits per heavy atom. The minimum atomic E-state index is 0.323. The van der Waals surface area contributed by atoms with E-state index < -0.39 is 0 Å². The first-order valence-corrected chi connectivity index (χ1v) is 22.9. The van der Waals surface area contributed by atoms with Crippen LogP contribution in [0.25, 0.3) is 111 Å². The summed E-state index contributed by atoms with van der Waals surface area (Å²) in [6.45, 7) is 0. The van der Waals surface area contributed by atoms with Gasteiger partial charge in [-0.05, 0) is 107 Å². The summed E-state index contributed by atoms with van der Waals surface area (Å²) in [6, 6.07) is 73.7. The predicted octanol–water partition coefficient (Wildman–Crippen LogP) is 13.8. The lowest BCUT2D eigenvalue weighted by Crippen LogP contribution is -2.07. The number of nitrogens with zero attached hydrogens (tertiary/aromatic N) is 10. The zero-order valence-electron chi connectivity index (χ0n) is 37.9. The molecule has 0 aliphatic heterocycles. The van der Waals surface area contributed by atoms with Crippen molar-refractivity contribution in [2.45, 2.75) is 0 Å². The molecule has 10 heteroatoms. The van der Waals surface area contributed by atoms with E-state index in [0.717, 1.165) is 82.7 Å². The first-order chi connectivity index (χ1) is 35.4. The maximum atomic E-state index is 11.3. The van der Waals surface area contributed by atoms with Gasteiger partial charge in [-0.25, -0.2) is 15.0 Å². The number of para-hydroxylation sites is 2. The molecule has 0 bridgehead atoms. The summed E-state index contributed by atoms with van der Waals surface area (Å²) in [4.78, 5) is 15.2. The summed E-state index contributed by atoms with van der Waals surface area (Å²) in [7, 11) is 0. The molecule has 0 radical (unpaired) electrons. The smallest absolute Gasteiger partial charge is 0.165 e. The average molecular weight is 917 g/mol. The van der Waals surface area contributed by atoms with Crippen molar-refractivity contribution >= 4 is 43.6 Å². The maximum absolute atomic E-state index is 11.3. The van der Waals surface area contributed by atoms with Gasteiger partial charge in [0.1, 0.15) is 0 Å². The summed E-state index contributed by atoms with van der Waals surface area (Å²) in [5.74, 6) is 1.24. The van der Waals surface area contributed by atoms with Crippen molar-refractivity contribution in [2.75, 3.05) is 0 Å². The van der Waals surface area contributed by atoms with Crippen LogP contribution in [0.4, 0.5) is 0 Å². The third kappa shape index (κ3) is 7.13. The summed E-state index contributed by atoms with van der Waals surface area (Å²) in [5, 5.41) is 54.6. The Bertz CT molecular complexity index is 4330. The normalized spacial score (nSPS) is 11.0. The molecule has 0 spiro atoms. The van der Waals surface area contributed by atoms with Gasteiger partial charge in [0.2, 0.25) is 0 Å². The van der Waals surface area contributed by atoms with Gasteiger partial charge in [-0.2, -0.15) is 26.3 Å². The lowest BCUT2D eigenvalue weighted by molar-refractivity contribution is 1.06. The Labute approximate surface area is 412 Å². The van der Waals surface area contributed by atoms with E-state index >= 15 is 0 Å². The Hall–Kier alpha value is -11.0. The van der Waals surface area contributed by atoms with Gasteiger partial charge in [0, 0.05) is 38.2 Å². The average Bonchev–Trinajstić information content (AvgIpc) is 3.96. The van der Waals surface area contributed by atoms with Crippen LogP contribution in [-0.4, -0.2) is 24.1 Å². The van der Waals surface area contributed by atoms with Gasteiger partial charge in [0.05, 0.1) is 91.6 Å². The van der Waals surface area contributed by atoms with Crippen molar-refractivity contribution in [3.05, 3.63) is 222 Å². The van der Waals surface area contributed by atoms with E-state index in [4.69, 9.17) is 15.0 Å². The molecule has 0 aliphatic carbocycles. The monoisotopic (exact) mass is 916 g/mol. The second-order valence-corrected chi connectivity index (χ2v) is 17.3. The number of benzene rings is 9. The molecule has 72 heavy (non-hydrogen) atoms. The number of nitriles is 5. The number of hydrogen-bond donors (Lipinski definition) is 0. The fraction of sp³-hybridized carbons (Fsp3) is 0. The van der Waals surface area contributed by atoms with Gasteiger partial charge in [-0.15, -0.1) is 0 Å². The van der Waals surface area contributed by atoms with Gasteiger partial charge in [0.15, 0.2) is 17.5 Å². The molecule has 3 aromatic heterocycles. The van der Waals surface area contributed by atoms with E-state index in [0.29, 0.717) is 56.5 Å². The first kappa shape index (κ1) is 42.4. The molecule has 0 fully saturated rings. The van der Waals surface area contributed by atoms with Crippen LogP contribution in [0.5, 0.6) is 0 Å². The molecule has 0 unspecified atom stereocenters. The van der Waals surface area contributed by atoms with Crippen molar-refractivity contribution in [3.8, 4) is 98.1 Å². The van der Waals surface area contributed by atoms with Crippen LogP contribution in [0.15, 0.2) is 194 Å². The molecule has 9 aromatic carbocycles. The highest BCUT2D eigenvalue weighted by molar-refractivity contribution is 6.13. The van der Waals surface area contributed by atoms with Gasteiger partial charge < -0.3 is 9.13 Å². The third-order valence-electron chi connectivity index (χ3n) is 13.1. The Morgan fingerprint density at radius 2 is 0.681 bits per heavy atom. The van der Waals surface area contributed by atoms with E-state index in [2.05, 4.69) is 81.9 Å². The molecule has 12 aromatic rings. The summed E-state index contributed by atoms with van der Waals surface area (Å²) >= 11 is 0. The Morgan fingerprint density at radius 3 is 1.11 bits per heavy atom. The number of fused-ring (bicyclic) bond motifs is 6. The van der Waals surface area contributed by atoms with E-state index in [9.17, 15) is 26.3 Å². The van der Waals surface area contributed by atoms with Gasteiger partial charge >= 0.3 is 0 Å². The van der Waals surface area contributed by atoms with Crippen molar-refractivity contribution < 1.29 is 0 Å². The minimum Gasteiger partial charge on any atom is -0.307 e. The van der Waals surface area contributed by atoms with Gasteiger partial charge in [-0.3, -0.25) is 0 Å². The van der Waals surface area contributed by atoms with Crippen molar-refractivity contribution in [3.63, 3.8) is 0 Å². The van der Waals surface area contributed by atoms with Gasteiger partial charge in [-0.1, -0.05) is 109 Å². The SMILES string of the molecule is N#Cc1cc(C#N)cc(-c2ccc3c(c2)c2ccccc2n3-c2cc(C#N)c(-c3nc(-c4ccccc4)nc(-c4ccccc4)n3)cc2-n2c3ccccc3c3cc(-c4cc(C#N)cc(C#N)c4)ccc32)c1. The lowest BCUT2D eigenvalue weighted by Gasteiger charge is -2.19. The van der Waals surface area contributed by atoms with Crippen LogP contribution in [0, 0.1) is 56.7 Å². The standard InChI is InChI=1S/C62H32N10/c63-33-38-23-39(34-64)26-46(25-38)44-19-21-56-52(29-44)49-15-7-9-17-54(49)71(56)58-31-48(37-67)51(62-69-60(42-11-3-1-4-12-42)68-61(70-62)43-13-5-2-6-14-43)32-59(58)72-55-18-10-8-16-50(55)53-30-45(20-22-57(53)72)47-27-40(35-65)24-41(28-47)36-66/h1-32H. The molecule has 0 N–H and O–H groups in total. The van der Waals surface area contributed by atoms with Crippen LogP contribution in [-0.2, 0) is 0 Å². The van der Waals surface area contributed by atoms with Crippen LogP contribution in [0.1, 0.15) is 27.8 Å². The molecular weight excluding hydrogens is 885 g/mol. The number of hydrogen-bond acceptors (Lipinski definition) is 8. The van der Waals surface area contributed by atoms with Crippen LogP contribution in [0.2, 0.25) is 0 Å². The second kappa shape index (κ2) is 17.3.